The van der Waals surface area contributed by atoms with Gasteiger partial charge in [0.1, 0.15) is 5.02 Å². The molecule has 0 bridgehead atoms. The van der Waals surface area contributed by atoms with Gasteiger partial charge in [0.05, 0.1) is 11.5 Å². The van der Waals surface area contributed by atoms with Crippen LogP contribution >= 0.6 is 11.6 Å². The van der Waals surface area contributed by atoms with Crippen LogP contribution in [-0.2, 0) is 4.79 Å². The lowest BCUT2D eigenvalue weighted by atomic mass is 10.1. The monoisotopic (exact) mass is 299 g/mol. The molecule has 0 spiro atoms. The molecule has 7 nitrogen and oxygen atoms in total. The first kappa shape index (κ1) is 15.9. The maximum Gasteiger partial charge on any atom is 0.287 e. The average molecular weight is 300 g/mol. The second-order valence-corrected chi connectivity index (χ2v) is 4.32. The fourth-order valence-corrected chi connectivity index (χ4v) is 1.80. The van der Waals surface area contributed by atoms with E-state index < -0.39 is 10.8 Å². The van der Waals surface area contributed by atoms with Crippen LogP contribution in [0.15, 0.2) is 18.2 Å². The Labute approximate surface area is 120 Å². The number of carbonyl (C=O) groups is 2. The van der Waals surface area contributed by atoms with Crippen LogP contribution in [0.1, 0.15) is 17.3 Å². The number of amides is 2. The first-order chi connectivity index (χ1) is 9.40. The summed E-state index contributed by atoms with van der Waals surface area (Å²) in [5.41, 5.74) is -0.0658. The minimum Gasteiger partial charge on any atom is -0.358 e. The van der Waals surface area contributed by atoms with Crippen LogP contribution in [0.5, 0.6) is 0 Å². The van der Waals surface area contributed by atoms with Crippen molar-refractivity contribution in [1.82, 2.24) is 10.2 Å². The van der Waals surface area contributed by atoms with Crippen molar-refractivity contribution in [2.45, 2.75) is 6.92 Å². The Morgan fingerprint density at radius 1 is 1.45 bits per heavy atom. The number of rotatable bonds is 5. The highest BCUT2D eigenvalue weighted by Gasteiger charge is 2.20. The van der Waals surface area contributed by atoms with Crippen LogP contribution in [0.4, 0.5) is 5.69 Å². The van der Waals surface area contributed by atoms with Crippen LogP contribution in [0, 0.1) is 10.1 Å². The third-order valence-electron chi connectivity index (χ3n) is 2.67. The van der Waals surface area contributed by atoms with Gasteiger partial charge in [-0.05, 0) is 19.1 Å². The molecule has 2 amide bonds. The molecule has 108 valence electrons. The predicted octanol–water partition coefficient (Wildman–Crippen LogP) is 1.46. The topological polar surface area (TPSA) is 92.6 Å². The second kappa shape index (κ2) is 6.85. The van der Waals surface area contributed by atoms with Gasteiger partial charge in [0, 0.05) is 25.2 Å². The number of nitro groups is 1. The third kappa shape index (κ3) is 3.67. The molecule has 0 aliphatic heterocycles. The van der Waals surface area contributed by atoms with Gasteiger partial charge in [0.15, 0.2) is 0 Å². The van der Waals surface area contributed by atoms with E-state index in [2.05, 4.69) is 5.32 Å². The summed E-state index contributed by atoms with van der Waals surface area (Å²) in [6.45, 7) is 1.98. The zero-order valence-corrected chi connectivity index (χ0v) is 11.8. The molecule has 0 heterocycles. The van der Waals surface area contributed by atoms with E-state index >= 15 is 0 Å². The number of halogens is 1. The summed E-state index contributed by atoms with van der Waals surface area (Å²) >= 11 is 5.76. The number of benzene rings is 1. The van der Waals surface area contributed by atoms with Gasteiger partial charge in [-0.2, -0.15) is 0 Å². The van der Waals surface area contributed by atoms with E-state index in [1.165, 1.54) is 30.1 Å². The van der Waals surface area contributed by atoms with Crippen molar-refractivity contribution in [3.8, 4) is 0 Å². The zero-order chi connectivity index (χ0) is 15.3. The average Bonchev–Trinajstić information content (AvgIpc) is 2.43. The lowest BCUT2D eigenvalue weighted by Gasteiger charge is -2.19. The molecule has 20 heavy (non-hydrogen) atoms. The highest BCUT2D eigenvalue weighted by molar-refractivity contribution is 6.33. The van der Waals surface area contributed by atoms with Gasteiger partial charge >= 0.3 is 0 Å². The number of nitrogens with zero attached hydrogens (tertiary/aromatic N) is 2. The van der Waals surface area contributed by atoms with E-state index in [1.54, 1.807) is 6.92 Å². The number of hydrogen-bond acceptors (Lipinski definition) is 4. The van der Waals surface area contributed by atoms with E-state index in [4.69, 9.17) is 11.6 Å². The minimum atomic E-state index is -0.626. The van der Waals surface area contributed by atoms with Crippen LogP contribution in [0.25, 0.3) is 0 Å². The Morgan fingerprint density at radius 2 is 2.10 bits per heavy atom. The molecular weight excluding hydrogens is 286 g/mol. The molecule has 0 aliphatic carbocycles. The third-order valence-corrected chi connectivity index (χ3v) is 2.98. The fourth-order valence-electron chi connectivity index (χ4n) is 1.55. The lowest BCUT2D eigenvalue weighted by Crippen LogP contribution is -2.39. The van der Waals surface area contributed by atoms with Crippen molar-refractivity contribution in [3.05, 3.63) is 38.9 Å². The molecule has 1 N–H and O–H groups in total. The Balaban J connectivity index is 2.98. The Bertz CT molecular complexity index is 548. The number of nitro benzene ring substituents is 1. The van der Waals surface area contributed by atoms with Crippen molar-refractivity contribution >= 4 is 29.1 Å². The summed E-state index contributed by atoms with van der Waals surface area (Å²) in [7, 11) is 1.48. The maximum atomic E-state index is 12.2. The van der Waals surface area contributed by atoms with Gasteiger partial charge in [-0.1, -0.05) is 11.6 Å². The normalized spacial score (nSPS) is 9.95. The fraction of sp³-hybridized carbons (Fsp3) is 0.333. The first-order valence-electron chi connectivity index (χ1n) is 5.84. The molecule has 0 aromatic heterocycles. The molecule has 0 saturated carbocycles. The SMILES string of the molecule is CCN(CC(=O)NC)C(=O)c1ccc([N+](=O)[O-])c(Cl)c1. The van der Waals surface area contributed by atoms with Gasteiger partial charge in [-0.25, -0.2) is 0 Å². The summed E-state index contributed by atoms with van der Waals surface area (Å²) in [6, 6.07) is 3.72. The largest absolute Gasteiger partial charge is 0.358 e. The highest BCUT2D eigenvalue weighted by Crippen LogP contribution is 2.25. The molecule has 0 atom stereocenters. The molecule has 1 aromatic carbocycles. The first-order valence-corrected chi connectivity index (χ1v) is 6.22. The molecule has 0 fully saturated rings. The van der Waals surface area contributed by atoms with Crippen LogP contribution in [0.2, 0.25) is 5.02 Å². The summed E-state index contributed by atoms with van der Waals surface area (Å²) in [5, 5.41) is 13.0. The van der Waals surface area contributed by atoms with Crippen molar-refractivity contribution < 1.29 is 14.5 Å². The van der Waals surface area contributed by atoms with E-state index in [1.807, 2.05) is 0 Å². The van der Waals surface area contributed by atoms with Crippen molar-refractivity contribution in [2.24, 2.45) is 0 Å². The molecule has 0 saturated heterocycles. The minimum absolute atomic E-state index is 0.0829. The van der Waals surface area contributed by atoms with Crippen molar-refractivity contribution in [3.63, 3.8) is 0 Å². The highest BCUT2D eigenvalue weighted by atomic mass is 35.5. The Kier molecular flexibility index (Phi) is 5.45. The maximum absolute atomic E-state index is 12.2. The number of hydrogen-bond donors (Lipinski definition) is 1. The zero-order valence-electron chi connectivity index (χ0n) is 11.1. The van der Waals surface area contributed by atoms with Gasteiger partial charge in [-0.3, -0.25) is 19.7 Å². The van der Waals surface area contributed by atoms with Gasteiger partial charge < -0.3 is 10.2 Å². The summed E-state index contributed by atoms with van der Waals surface area (Å²) in [4.78, 5) is 34.8. The Morgan fingerprint density at radius 3 is 2.55 bits per heavy atom. The molecule has 0 unspecified atom stereocenters. The van der Waals surface area contributed by atoms with E-state index in [0.717, 1.165) is 0 Å². The van der Waals surface area contributed by atoms with Crippen molar-refractivity contribution in [2.75, 3.05) is 20.1 Å². The summed E-state index contributed by atoms with van der Waals surface area (Å²) in [6.07, 6.45) is 0. The summed E-state index contributed by atoms with van der Waals surface area (Å²) < 4.78 is 0. The second-order valence-electron chi connectivity index (χ2n) is 3.92. The lowest BCUT2D eigenvalue weighted by molar-refractivity contribution is -0.384. The molecular formula is C12H14ClN3O4. The van der Waals surface area contributed by atoms with E-state index in [0.29, 0.717) is 6.54 Å². The summed E-state index contributed by atoms with van der Waals surface area (Å²) in [5.74, 6) is -0.707. The smallest absolute Gasteiger partial charge is 0.287 e. The number of carbonyl (C=O) groups excluding carboxylic acids is 2. The van der Waals surface area contributed by atoms with Gasteiger partial charge in [0.25, 0.3) is 11.6 Å². The van der Waals surface area contributed by atoms with E-state index in [-0.39, 0.29) is 28.7 Å². The van der Waals surface area contributed by atoms with Gasteiger partial charge in [0.2, 0.25) is 5.91 Å². The molecule has 1 aromatic rings. The quantitative estimate of drug-likeness (QED) is 0.658. The molecule has 0 aliphatic rings. The molecule has 0 radical (unpaired) electrons. The van der Waals surface area contributed by atoms with Gasteiger partial charge in [-0.15, -0.1) is 0 Å². The van der Waals surface area contributed by atoms with E-state index in [9.17, 15) is 19.7 Å². The molecule has 8 heteroatoms. The Hall–Kier alpha value is -2.15. The van der Waals surface area contributed by atoms with Crippen LogP contribution < -0.4 is 5.32 Å². The number of likely N-dealkylation sites (N-methyl/N-ethyl adjacent to an activating group) is 2. The molecule has 1 rings (SSSR count). The predicted molar refractivity (Wildman–Crippen MR) is 73.8 cm³/mol. The van der Waals surface area contributed by atoms with Crippen LogP contribution in [-0.4, -0.2) is 41.8 Å². The standard InChI is InChI=1S/C12H14ClN3O4/c1-3-15(7-11(17)14-2)12(18)8-4-5-10(16(19)20)9(13)6-8/h4-6H,3,7H2,1-2H3,(H,14,17). The van der Waals surface area contributed by atoms with Crippen molar-refractivity contribution in [1.29, 1.82) is 0 Å². The number of nitrogens with one attached hydrogen (secondary N) is 1. The van der Waals surface area contributed by atoms with Crippen LogP contribution in [0.3, 0.4) is 0 Å².